The predicted octanol–water partition coefficient (Wildman–Crippen LogP) is 4.48. The first kappa shape index (κ1) is 14.7. The summed E-state index contributed by atoms with van der Waals surface area (Å²) in [5, 5.41) is 3.41. The normalized spacial score (nSPS) is 14.4. The molecule has 0 unspecified atom stereocenters. The van der Waals surface area contributed by atoms with Crippen LogP contribution >= 0.6 is 27.7 Å². The van der Waals surface area contributed by atoms with E-state index in [4.69, 9.17) is 0 Å². The number of hydrogen-bond acceptors (Lipinski definition) is 3. The molecule has 0 fully saturated rings. The molecule has 3 rings (SSSR count). The fraction of sp³-hybridized carbons (Fsp3) is 0.235. The van der Waals surface area contributed by atoms with E-state index in [9.17, 15) is 0 Å². The van der Waals surface area contributed by atoms with Crippen LogP contribution in [0.4, 0.5) is 0 Å². The Balaban J connectivity index is 1.76. The minimum atomic E-state index is 0.925. The van der Waals surface area contributed by atoms with Crippen molar-refractivity contribution in [3.8, 4) is 0 Å². The first-order valence-corrected chi connectivity index (χ1v) is 8.86. The Hall–Kier alpha value is -1.26. The first-order valence-electron chi connectivity index (χ1n) is 7.08. The van der Waals surface area contributed by atoms with Gasteiger partial charge in [0.15, 0.2) is 0 Å². The van der Waals surface area contributed by atoms with Crippen molar-refractivity contribution >= 4 is 33.5 Å². The number of rotatable bonds is 4. The van der Waals surface area contributed by atoms with Crippen LogP contribution in [0.1, 0.15) is 17.5 Å². The molecule has 21 heavy (non-hydrogen) atoms. The number of nitrogens with zero attached hydrogens (tertiary/aromatic N) is 1. The number of nitrogens with one attached hydrogen (secondary N) is 1. The van der Waals surface area contributed by atoms with Gasteiger partial charge < -0.3 is 5.32 Å². The van der Waals surface area contributed by atoms with E-state index < -0.39 is 0 Å². The van der Waals surface area contributed by atoms with Gasteiger partial charge in [-0.3, -0.25) is 4.99 Å². The molecule has 0 spiro atoms. The minimum Gasteiger partial charge on any atom is -0.370 e. The van der Waals surface area contributed by atoms with E-state index in [-0.39, 0.29) is 0 Å². The van der Waals surface area contributed by atoms with Gasteiger partial charge >= 0.3 is 0 Å². The van der Waals surface area contributed by atoms with Gasteiger partial charge in [-0.2, -0.15) is 0 Å². The lowest BCUT2D eigenvalue weighted by Gasteiger charge is -2.17. The fourth-order valence-electron chi connectivity index (χ4n) is 2.24. The topological polar surface area (TPSA) is 24.4 Å². The number of hydrogen-bond donors (Lipinski definition) is 1. The number of amidine groups is 1. The number of benzene rings is 2. The smallest absolute Gasteiger partial charge is 0.129 e. The molecule has 4 heteroatoms. The summed E-state index contributed by atoms with van der Waals surface area (Å²) in [6, 6.07) is 17.0. The third-order valence-corrected chi connectivity index (χ3v) is 5.02. The summed E-state index contributed by atoms with van der Waals surface area (Å²) in [6.45, 7) is 1.94. The molecule has 1 aliphatic heterocycles. The summed E-state index contributed by atoms with van der Waals surface area (Å²) in [6.07, 6.45) is 1.12. The van der Waals surface area contributed by atoms with E-state index >= 15 is 0 Å². The van der Waals surface area contributed by atoms with Crippen LogP contribution in [0, 0.1) is 0 Å². The lowest BCUT2D eigenvalue weighted by molar-refractivity contribution is 0.741. The summed E-state index contributed by atoms with van der Waals surface area (Å²) in [5.74, 6) is 2.01. The Kier molecular flexibility index (Phi) is 4.99. The average Bonchev–Trinajstić information content (AvgIpc) is 2.55. The second-order valence-corrected chi connectivity index (χ2v) is 6.85. The molecular weight excluding hydrogens is 344 g/mol. The van der Waals surface area contributed by atoms with Crippen molar-refractivity contribution in [2.75, 3.05) is 13.1 Å². The molecule has 2 nitrogen and oxygen atoms in total. The maximum Gasteiger partial charge on any atom is 0.129 e. The minimum absolute atomic E-state index is 0.925. The Bertz CT molecular complexity index is 637. The molecule has 1 aliphatic rings. The van der Waals surface area contributed by atoms with Gasteiger partial charge in [-0.15, -0.1) is 11.8 Å². The van der Waals surface area contributed by atoms with Gasteiger partial charge in [0.05, 0.1) is 0 Å². The number of aliphatic imine (C=N–C) groups is 1. The summed E-state index contributed by atoms with van der Waals surface area (Å²) in [5.41, 5.74) is 2.55. The van der Waals surface area contributed by atoms with Crippen LogP contribution in [0.2, 0.25) is 0 Å². The monoisotopic (exact) mass is 360 g/mol. The van der Waals surface area contributed by atoms with Crippen LogP contribution in [0.5, 0.6) is 0 Å². The molecule has 2 aromatic rings. The molecule has 1 heterocycles. The zero-order valence-corrected chi connectivity index (χ0v) is 14.1. The van der Waals surface area contributed by atoms with Crippen LogP contribution in [-0.2, 0) is 5.75 Å². The van der Waals surface area contributed by atoms with E-state index in [1.54, 1.807) is 0 Å². The third kappa shape index (κ3) is 3.89. The largest absolute Gasteiger partial charge is 0.370 e. The molecule has 0 bridgehead atoms. The third-order valence-electron chi connectivity index (χ3n) is 3.35. The van der Waals surface area contributed by atoms with Crippen molar-refractivity contribution in [3.05, 3.63) is 64.1 Å². The summed E-state index contributed by atoms with van der Waals surface area (Å²) >= 11 is 5.34. The van der Waals surface area contributed by atoms with E-state index in [1.807, 2.05) is 11.8 Å². The van der Waals surface area contributed by atoms with Crippen LogP contribution in [0.25, 0.3) is 0 Å². The quantitative estimate of drug-likeness (QED) is 0.812. The molecule has 0 saturated heterocycles. The lowest BCUT2D eigenvalue weighted by atomic mass is 10.2. The van der Waals surface area contributed by atoms with E-state index in [0.29, 0.717) is 0 Å². The Labute approximate surface area is 138 Å². The van der Waals surface area contributed by atoms with Crippen LogP contribution in [0.15, 0.2) is 62.9 Å². The lowest BCUT2D eigenvalue weighted by Crippen LogP contribution is -2.30. The average molecular weight is 361 g/mol. The first-order chi connectivity index (χ1) is 10.3. The molecule has 2 aromatic carbocycles. The summed E-state index contributed by atoms with van der Waals surface area (Å²) < 4.78 is 1.12. The highest BCUT2D eigenvalue weighted by molar-refractivity contribution is 9.10. The summed E-state index contributed by atoms with van der Waals surface area (Å²) in [7, 11) is 0. The van der Waals surface area contributed by atoms with Gasteiger partial charge in [0.25, 0.3) is 0 Å². The predicted molar refractivity (Wildman–Crippen MR) is 94.2 cm³/mol. The SMILES string of the molecule is Brc1ccc(CSc2ccccc2C2=NCCCN2)cc1. The zero-order chi connectivity index (χ0) is 14.5. The van der Waals surface area contributed by atoms with E-state index in [0.717, 1.165) is 35.6 Å². The van der Waals surface area contributed by atoms with Gasteiger partial charge in [-0.1, -0.05) is 46.3 Å². The van der Waals surface area contributed by atoms with E-state index in [2.05, 4.69) is 74.8 Å². The molecule has 1 N–H and O–H groups in total. The van der Waals surface area contributed by atoms with Crippen LogP contribution < -0.4 is 5.32 Å². The van der Waals surface area contributed by atoms with Crippen molar-refractivity contribution in [2.45, 2.75) is 17.1 Å². The van der Waals surface area contributed by atoms with Gasteiger partial charge in [-0.25, -0.2) is 0 Å². The van der Waals surface area contributed by atoms with Gasteiger partial charge in [0.1, 0.15) is 5.84 Å². The molecule has 0 amide bonds. The number of thioether (sulfide) groups is 1. The maximum absolute atomic E-state index is 4.61. The Morgan fingerprint density at radius 3 is 2.67 bits per heavy atom. The van der Waals surface area contributed by atoms with Crippen molar-refractivity contribution < 1.29 is 0 Å². The Morgan fingerprint density at radius 2 is 1.90 bits per heavy atom. The van der Waals surface area contributed by atoms with Crippen molar-refractivity contribution in [1.29, 1.82) is 0 Å². The fourth-order valence-corrected chi connectivity index (χ4v) is 3.52. The number of halogens is 1. The van der Waals surface area contributed by atoms with E-state index in [1.165, 1.54) is 16.0 Å². The molecule has 0 aromatic heterocycles. The highest BCUT2D eigenvalue weighted by atomic mass is 79.9. The van der Waals surface area contributed by atoms with Gasteiger partial charge in [0, 0.05) is 33.8 Å². The second-order valence-electron chi connectivity index (χ2n) is 4.92. The summed E-state index contributed by atoms with van der Waals surface area (Å²) in [4.78, 5) is 5.90. The molecule has 0 saturated carbocycles. The Morgan fingerprint density at radius 1 is 1.10 bits per heavy atom. The van der Waals surface area contributed by atoms with Gasteiger partial charge in [0.2, 0.25) is 0 Å². The second kappa shape index (κ2) is 7.14. The van der Waals surface area contributed by atoms with Crippen molar-refractivity contribution in [3.63, 3.8) is 0 Å². The van der Waals surface area contributed by atoms with Crippen LogP contribution in [-0.4, -0.2) is 18.9 Å². The zero-order valence-electron chi connectivity index (χ0n) is 11.7. The molecule has 0 radical (unpaired) electrons. The van der Waals surface area contributed by atoms with Crippen LogP contribution in [0.3, 0.4) is 0 Å². The molecule has 0 aliphatic carbocycles. The maximum atomic E-state index is 4.61. The molecule has 0 atom stereocenters. The standard InChI is InChI=1S/C17H17BrN2S/c18-14-8-6-13(7-9-14)12-21-16-5-2-1-4-15(16)17-19-10-3-11-20-17/h1-2,4-9H,3,10-12H2,(H,19,20). The van der Waals surface area contributed by atoms with Crippen molar-refractivity contribution in [1.82, 2.24) is 5.32 Å². The highest BCUT2D eigenvalue weighted by Crippen LogP contribution is 2.27. The van der Waals surface area contributed by atoms with Gasteiger partial charge in [-0.05, 0) is 30.2 Å². The molecular formula is C17H17BrN2S. The van der Waals surface area contributed by atoms with Crippen molar-refractivity contribution in [2.24, 2.45) is 4.99 Å². The molecule has 108 valence electrons. The highest BCUT2D eigenvalue weighted by Gasteiger charge is 2.11.